The lowest BCUT2D eigenvalue weighted by Crippen LogP contribution is -2.28. The zero-order valence-corrected chi connectivity index (χ0v) is 6.82. The topological polar surface area (TPSA) is 38.0 Å². The summed E-state index contributed by atoms with van der Waals surface area (Å²) < 4.78 is 0. The standard InChI is InChI=1S/C8H18N2/c1-2-8(3-4-8)7-10-6-5-9/h10H,2-7,9H2,1H3. The van der Waals surface area contributed by atoms with Gasteiger partial charge in [-0.25, -0.2) is 0 Å². The molecule has 0 aromatic rings. The fourth-order valence-electron chi connectivity index (χ4n) is 1.29. The van der Waals surface area contributed by atoms with Gasteiger partial charge in [0.05, 0.1) is 0 Å². The van der Waals surface area contributed by atoms with E-state index in [1.807, 2.05) is 0 Å². The van der Waals surface area contributed by atoms with Gasteiger partial charge in [0, 0.05) is 19.6 Å². The largest absolute Gasteiger partial charge is 0.329 e. The summed E-state index contributed by atoms with van der Waals surface area (Å²) in [7, 11) is 0. The van der Waals surface area contributed by atoms with Crippen molar-refractivity contribution in [1.82, 2.24) is 5.32 Å². The highest BCUT2D eigenvalue weighted by atomic mass is 14.9. The van der Waals surface area contributed by atoms with Crippen LogP contribution < -0.4 is 11.1 Å². The summed E-state index contributed by atoms with van der Waals surface area (Å²) in [6, 6.07) is 0. The second-order valence-electron chi connectivity index (χ2n) is 3.32. The van der Waals surface area contributed by atoms with Crippen LogP contribution in [-0.4, -0.2) is 19.6 Å². The van der Waals surface area contributed by atoms with E-state index in [1.54, 1.807) is 0 Å². The monoisotopic (exact) mass is 142 g/mol. The first-order valence-electron chi connectivity index (χ1n) is 4.24. The quantitative estimate of drug-likeness (QED) is 0.555. The molecule has 1 rings (SSSR count). The molecule has 0 bridgehead atoms. The Balaban J connectivity index is 2.01. The van der Waals surface area contributed by atoms with Gasteiger partial charge in [-0.2, -0.15) is 0 Å². The lowest BCUT2D eigenvalue weighted by Gasteiger charge is -2.11. The van der Waals surface area contributed by atoms with Crippen LogP contribution in [-0.2, 0) is 0 Å². The van der Waals surface area contributed by atoms with Gasteiger partial charge in [0.2, 0.25) is 0 Å². The molecule has 0 aromatic carbocycles. The average molecular weight is 142 g/mol. The summed E-state index contributed by atoms with van der Waals surface area (Å²) in [5, 5.41) is 3.36. The molecule has 0 saturated heterocycles. The molecular formula is C8H18N2. The highest BCUT2D eigenvalue weighted by Gasteiger charge is 2.39. The average Bonchev–Trinajstić information content (AvgIpc) is 2.70. The van der Waals surface area contributed by atoms with E-state index >= 15 is 0 Å². The Morgan fingerprint density at radius 1 is 1.50 bits per heavy atom. The number of rotatable bonds is 5. The predicted octanol–water partition coefficient (Wildman–Crippen LogP) is 0.725. The Morgan fingerprint density at radius 3 is 2.60 bits per heavy atom. The molecule has 2 heteroatoms. The molecule has 0 atom stereocenters. The minimum Gasteiger partial charge on any atom is -0.329 e. The fraction of sp³-hybridized carbons (Fsp3) is 1.00. The summed E-state index contributed by atoms with van der Waals surface area (Å²) in [6.07, 6.45) is 4.16. The molecule has 1 saturated carbocycles. The van der Waals surface area contributed by atoms with Gasteiger partial charge in [0.15, 0.2) is 0 Å². The van der Waals surface area contributed by atoms with E-state index in [9.17, 15) is 0 Å². The van der Waals surface area contributed by atoms with E-state index in [-0.39, 0.29) is 0 Å². The van der Waals surface area contributed by atoms with Crippen molar-refractivity contribution in [1.29, 1.82) is 0 Å². The molecule has 0 aliphatic heterocycles. The molecule has 60 valence electrons. The van der Waals surface area contributed by atoms with E-state index in [4.69, 9.17) is 5.73 Å². The number of hydrogen-bond acceptors (Lipinski definition) is 2. The Bertz CT molecular complexity index is 97.4. The van der Waals surface area contributed by atoms with Crippen LogP contribution in [0.3, 0.4) is 0 Å². The maximum absolute atomic E-state index is 5.36. The van der Waals surface area contributed by atoms with Crippen molar-refractivity contribution >= 4 is 0 Å². The molecule has 0 unspecified atom stereocenters. The summed E-state index contributed by atoms with van der Waals surface area (Å²) in [5.74, 6) is 0. The Labute approximate surface area is 63.2 Å². The summed E-state index contributed by atoms with van der Waals surface area (Å²) in [5.41, 5.74) is 6.03. The van der Waals surface area contributed by atoms with Crippen molar-refractivity contribution in [3.63, 3.8) is 0 Å². The molecule has 1 aliphatic rings. The van der Waals surface area contributed by atoms with Gasteiger partial charge in [-0.1, -0.05) is 6.92 Å². The van der Waals surface area contributed by atoms with Crippen molar-refractivity contribution in [3.8, 4) is 0 Å². The van der Waals surface area contributed by atoms with Crippen LogP contribution in [0.15, 0.2) is 0 Å². The Morgan fingerprint density at radius 2 is 2.20 bits per heavy atom. The van der Waals surface area contributed by atoms with E-state index in [1.165, 1.54) is 25.8 Å². The van der Waals surface area contributed by atoms with Crippen molar-refractivity contribution in [2.75, 3.05) is 19.6 Å². The van der Waals surface area contributed by atoms with Crippen molar-refractivity contribution < 1.29 is 0 Å². The third kappa shape index (κ3) is 1.96. The van der Waals surface area contributed by atoms with Crippen LogP contribution in [0.5, 0.6) is 0 Å². The molecular weight excluding hydrogens is 124 g/mol. The van der Waals surface area contributed by atoms with Gasteiger partial charge >= 0.3 is 0 Å². The first kappa shape index (κ1) is 8.02. The van der Waals surface area contributed by atoms with E-state index in [0.717, 1.165) is 13.1 Å². The second kappa shape index (κ2) is 3.35. The van der Waals surface area contributed by atoms with Crippen LogP contribution in [0, 0.1) is 5.41 Å². The second-order valence-corrected chi connectivity index (χ2v) is 3.32. The first-order valence-corrected chi connectivity index (χ1v) is 4.24. The molecule has 0 amide bonds. The molecule has 10 heavy (non-hydrogen) atoms. The van der Waals surface area contributed by atoms with E-state index in [2.05, 4.69) is 12.2 Å². The molecule has 1 fully saturated rings. The van der Waals surface area contributed by atoms with Crippen LogP contribution in [0.25, 0.3) is 0 Å². The number of hydrogen-bond donors (Lipinski definition) is 2. The third-order valence-corrected chi connectivity index (χ3v) is 2.53. The fourth-order valence-corrected chi connectivity index (χ4v) is 1.29. The van der Waals surface area contributed by atoms with Gasteiger partial charge in [-0.3, -0.25) is 0 Å². The van der Waals surface area contributed by atoms with Crippen molar-refractivity contribution in [2.24, 2.45) is 11.1 Å². The summed E-state index contributed by atoms with van der Waals surface area (Å²) in [4.78, 5) is 0. The van der Waals surface area contributed by atoms with Gasteiger partial charge in [-0.05, 0) is 24.7 Å². The van der Waals surface area contributed by atoms with Crippen LogP contribution >= 0.6 is 0 Å². The normalized spacial score (nSPS) is 21.0. The van der Waals surface area contributed by atoms with Gasteiger partial charge in [0.1, 0.15) is 0 Å². The van der Waals surface area contributed by atoms with Crippen LogP contribution in [0.4, 0.5) is 0 Å². The molecule has 1 aliphatic carbocycles. The van der Waals surface area contributed by atoms with Crippen molar-refractivity contribution in [3.05, 3.63) is 0 Å². The molecule has 0 spiro atoms. The Hall–Kier alpha value is -0.0800. The van der Waals surface area contributed by atoms with Crippen molar-refractivity contribution in [2.45, 2.75) is 26.2 Å². The Kier molecular flexibility index (Phi) is 2.69. The van der Waals surface area contributed by atoms with E-state index in [0.29, 0.717) is 5.41 Å². The number of nitrogens with two attached hydrogens (primary N) is 1. The minimum absolute atomic E-state index is 0.676. The van der Waals surface area contributed by atoms with Crippen LogP contribution in [0.2, 0.25) is 0 Å². The van der Waals surface area contributed by atoms with Gasteiger partial charge in [0.25, 0.3) is 0 Å². The predicted molar refractivity (Wildman–Crippen MR) is 43.9 cm³/mol. The third-order valence-electron chi connectivity index (χ3n) is 2.53. The molecule has 0 heterocycles. The first-order chi connectivity index (χ1) is 4.83. The molecule has 2 nitrogen and oxygen atoms in total. The van der Waals surface area contributed by atoms with Gasteiger partial charge in [-0.15, -0.1) is 0 Å². The summed E-state index contributed by atoms with van der Waals surface area (Å²) in [6.45, 7) is 5.19. The van der Waals surface area contributed by atoms with Gasteiger partial charge < -0.3 is 11.1 Å². The maximum atomic E-state index is 5.36. The highest BCUT2D eigenvalue weighted by molar-refractivity contribution is 4.93. The SMILES string of the molecule is CCC1(CNCCN)CC1. The van der Waals surface area contributed by atoms with Crippen LogP contribution in [0.1, 0.15) is 26.2 Å². The maximum Gasteiger partial charge on any atom is 0.00747 e. The lowest BCUT2D eigenvalue weighted by atomic mass is 10.0. The minimum atomic E-state index is 0.676. The molecule has 3 N–H and O–H groups in total. The van der Waals surface area contributed by atoms with E-state index < -0.39 is 0 Å². The molecule has 0 radical (unpaired) electrons. The highest BCUT2D eigenvalue weighted by Crippen LogP contribution is 2.47. The zero-order chi connectivity index (χ0) is 7.45. The zero-order valence-electron chi connectivity index (χ0n) is 6.82. The molecule has 0 aromatic heterocycles. The lowest BCUT2D eigenvalue weighted by molar-refractivity contribution is 0.447. The summed E-state index contributed by atoms with van der Waals surface area (Å²) >= 11 is 0. The number of nitrogens with one attached hydrogen (secondary N) is 1. The smallest absolute Gasteiger partial charge is 0.00747 e.